The molecule has 102 valence electrons. The van der Waals surface area contributed by atoms with E-state index in [1.54, 1.807) is 18.2 Å². The molecule has 0 saturated heterocycles. The van der Waals surface area contributed by atoms with Gasteiger partial charge in [-0.25, -0.2) is 9.37 Å². The number of hydrogen-bond donors (Lipinski definition) is 1. The molecule has 0 aliphatic heterocycles. The molecule has 0 bridgehead atoms. The van der Waals surface area contributed by atoms with Crippen LogP contribution >= 0.6 is 27.3 Å². The molecule has 20 heavy (non-hydrogen) atoms. The van der Waals surface area contributed by atoms with Gasteiger partial charge in [-0.15, -0.1) is 11.3 Å². The molecule has 2 nitrogen and oxygen atoms in total. The van der Waals surface area contributed by atoms with E-state index in [2.05, 4.69) is 20.9 Å². The molecule has 1 aliphatic carbocycles. The Kier molecular flexibility index (Phi) is 3.26. The summed E-state index contributed by atoms with van der Waals surface area (Å²) < 4.78 is 14.7. The summed E-state index contributed by atoms with van der Waals surface area (Å²) in [6, 6.07) is 5.72. The zero-order valence-corrected chi connectivity index (χ0v) is 13.1. The Morgan fingerprint density at radius 3 is 2.80 bits per heavy atom. The predicted molar refractivity (Wildman–Crippen MR) is 87.2 cm³/mol. The van der Waals surface area contributed by atoms with Gasteiger partial charge in [0.25, 0.3) is 0 Å². The van der Waals surface area contributed by atoms with E-state index in [0.717, 1.165) is 25.6 Å². The van der Waals surface area contributed by atoms with Crippen LogP contribution in [-0.2, 0) is 0 Å². The highest BCUT2D eigenvalue weighted by Crippen LogP contribution is 2.35. The second-order valence-corrected chi connectivity index (χ2v) is 6.71. The van der Waals surface area contributed by atoms with Crippen molar-refractivity contribution in [1.82, 2.24) is 4.98 Å². The maximum absolute atomic E-state index is 13.9. The van der Waals surface area contributed by atoms with Crippen LogP contribution in [0.1, 0.15) is 17.5 Å². The second-order valence-electron chi connectivity index (χ2n) is 4.82. The maximum Gasteiger partial charge on any atom is 0.145 e. The Balaban J connectivity index is 2.04. The lowest BCUT2D eigenvalue weighted by Crippen LogP contribution is -2.07. The van der Waals surface area contributed by atoms with E-state index < -0.39 is 5.67 Å². The monoisotopic (exact) mass is 350 g/mol. The third kappa shape index (κ3) is 2.55. The number of hydrogen-bond acceptors (Lipinski definition) is 3. The summed E-state index contributed by atoms with van der Waals surface area (Å²) in [5.41, 5.74) is 6.87. The Labute approximate surface area is 129 Å². The largest absolute Gasteiger partial charge is 0.398 e. The maximum atomic E-state index is 13.9. The molecular formula is C15H12BrFN2S. The normalized spacial score (nSPS) is 20.8. The molecule has 2 aromatic rings. The highest BCUT2D eigenvalue weighted by molar-refractivity contribution is 9.10. The number of alkyl halides is 1. The highest BCUT2D eigenvalue weighted by Gasteiger charge is 2.19. The number of anilines is 1. The molecule has 1 heterocycles. The van der Waals surface area contributed by atoms with Gasteiger partial charge in [-0.05, 0) is 65.4 Å². The number of aromatic nitrogens is 1. The van der Waals surface area contributed by atoms with E-state index in [1.807, 2.05) is 18.2 Å². The number of fused-ring (bicyclic) bond motifs is 1. The first-order chi connectivity index (χ1) is 9.44. The molecule has 1 aromatic heterocycles. The second kappa shape index (κ2) is 4.82. The topological polar surface area (TPSA) is 38.9 Å². The van der Waals surface area contributed by atoms with Crippen molar-refractivity contribution in [3.63, 3.8) is 0 Å². The van der Waals surface area contributed by atoms with Gasteiger partial charge in [0.2, 0.25) is 0 Å². The molecule has 0 spiro atoms. The van der Waals surface area contributed by atoms with E-state index in [-0.39, 0.29) is 0 Å². The fourth-order valence-electron chi connectivity index (χ4n) is 1.90. The molecule has 3 rings (SSSR count). The lowest BCUT2D eigenvalue weighted by molar-refractivity contribution is 0.331. The van der Waals surface area contributed by atoms with E-state index in [4.69, 9.17) is 5.73 Å². The SMILES string of the molecule is CC1(F)C=Cc2nc(-c3ccc(N)c(Br)c3)sc2C=C1. The van der Waals surface area contributed by atoms with Gasteiger partial charge in [-0.2, -0.15) is 0 Å². The molecule has 5 heteroatoms. The summed E-state index contributed by atoms with van der Waals surface area (Å²) in [7, 11) is 0. The van der Waals surface area contributed by atoms with Gasteiger partial charge in [-0.1, -0.05) is 0 Å². The first-order valence-corrected chi connectivity index (χ1v) is 7.69. The molecule has 0 radical (unpaired) electrons. The van der Waals surface area contributed by atoms with Crippen molar-refractivity contribution in [1.29, 1.82) is 0 Å². The summed E-state index contributed by atoms with van der Waals surface area (Å²) in [6.45, 7) is 1.52. The third-order valence-electron chi connectivity index (χ3n) is 3.06. The summed E-state index contributed by atoms with van der Waals surface area (Å²) >= 11 is 4.96. The van der Waals surface area contributed by atoms with E-state index >= 15 is 0 Å². The zero-order valence-electron chi connectivity index (χ0n) is 10.7. The molecule has 2 N–H and O–H groups in total. The van der Waals surface area contributed by atoms with Crippen LogP contribution in [0, 0.1) is 0 Å². The minimum Gasteiger partial charge on any atom is -0.398 e. The standard InChI is InChI=1S/C15H12BrFN2S/c1-15(17)6-4-12-13(5-7-15)20-14(19-12)9-2-3-11(18)10(16)8-9/h2-8H,18H2,1H3. The average molecular weight is 351 g/mol. The van der Waals surface area contributed by atoms with Crippen molar-refractivity contribution in [3.8, 4) is 10.6 Å². The number of halogens is 2. The summed E-state index contributed by atoms with van der Waals surface area (Å²) in [5, 5.41) is 0.896. The molecule has 1 aliphatic rings. The highest BCUT2D eigenvalue weighted by atomic mass is 79.9. The molecular weight excluding hydrogens is 339 g/mol. The van der Waals surface area contributed by atoms with Crippen LogP contribution in [0.3, 0.4) is 0 Å². The summed E-state index contributed by atoms with van der Waals surface area (Å²) in [6.07, 6.45) is 6.61. The predicted octanol–water partition coefficient (Wildman–Crippen LogP) is 4.92. The number of thiazole rings is 1. The van der Waals surface area contributed by atoms with Gasteiger partial charge in [0.15, 0.2) is 0 Å². The van der Waals surface area contributed by atoms with Gasteiger partial charge in [0, 0.05) is 15.7 Å². The van der Waals surface area contributed by atoms with Gasteiger partial charge < -0.3 is 5.73 Å². The molecule has 0 amide bonds. The lowest BCUT2D eigenvalue weighted by Gasteiger charge is -2.06. The molecule has 1 aromatic carbocycles. The van der Waals surface area contributed by atoms with E-state index in [0.29, 0.717) is 5.69 Å². The fourth-order valence-corrected chi connectivity index (χ4v) is 3.23. The van der Waals surface area contributed by atoms with Crippen LogP contribution in [0.15, 0.2) is 34.8 Å². The quantitative estimate of drug-likeness (QED) is 0.741. The number of nitrogen functional groups attached to an aromatic ring is 1. The number of nitrogens with two attached hydrogens (primary N) is 1. The smallest absolute Gasteiger partial charge is 0.145 e. The molecule has 1 unspecified atom stereocenters. The van der Waals surface area contributed by atoms with Gasteiger partial charge >= 0.3 is 0 Å². The van der Waals surface area contributed by atoms with Crippen LogP contribution in [0.25, 0.3) is 22.7 Å². The Bertz CT molecular complexity index is 698. The number of benzene rings is 1. The average Bonchev–Trinajstić information content (AvgIpc) is 2.75. The van der Waals surface area contributed by atoms with Crippen molar-refractivity contribution >= 4 is 45.1 Å². The van der Waals surface area contributed by atoms with Gasteiger partial charge in [-0.3, -0.25) is 0 Å². The Hall–Kier alpha value is -1.46. The lowest BCUT2D eigenvalue weighted by atomic mass is 10.1. The van der Waals surface area contributed by atoms with E-state index in [1.165, 1.54) is 24.3 Å². The van der Waals surface area contributed by atoms with Gasteiger partial charge in [0.1, 0.15) is 10.7 Å². The Morgan fingerprint density at radius 2 is 2.05 bits per heavy atom. The van der Waals surface area contributed by atoms with Crippen molar-refractivity contribution in [2.75, 3.05) is 5.73 Å². The van der Waals surface area contributed by atoms with Crippen molar-refractivity contribution in [3.05, 3.63) is 45.4 Å². The summed E-state index contributed by atoms with van der Waals surface area (Å²) in [4.78, 5) is 5.53. The van der Waals surface area contributed by atoms with Gasteiger partial charge in [0.05, 0.1) is 10.6 Å². The van der Waals surface area contributed by atoms with Crippen LogP contribution in [0.2, 0.25) is 0 Å². The van der Waals surface area contributed by atoms with Crippen molar-refractivity contribution in [2.45, 2.75) is 12.6 Å². The minimum atomic E-state index is -1.41. The summed E-state index contributed by atoms with van der Waals surface area (Å²) in [5.74, 6) is 0. The fraction of sp³-hybridized carbons (Fsp3) is 0.133. The van der Waals surface area contributed by atoms with E-state index in [9.17, 15) is 4.39 Å². The van der Waals surface area contributed by atoms with Crippen LogP contribution in [0.5, 0.6) is 0 Å². The first kappa shape index (κ1) is 13.5. The first-order valence-electron chi connectivity index (χ1n) is 6.08. The number of rotatable bonds is 1. The Morgan fingerprint density at radius 1 is 1.30 bits per heavy atom. The minimum absolute atomic E-state index is 0.694. The zero-order chi connectivity index (χ0) is 14.3. The molecule has 0 saturated carbocycles. The molecule has 0 fully saturated rings. The van der Waals surface area contributed by atoms with Crippen LogP contribution in [-0.4, -0.2) is 10.7 Å². The third-order valence-corrected chi connectivity index (χ3v) is 4.83. The molecule has 1 atom stereocenters. The van der Waals surface area contributed by atoms with Crippen molar-refractivity contribution in [2.24, 2.45) is 0 Å². The van der Waals surface area contributed by atoms with Crippen molar-refractivity contribution < 1.29 is 4.39 Å². The van der Waals surface area contributed by atoms with Crippen LogP contribution in [0.4, 0.5) is 10.1 Å². The number of allylic oxidation sites excluding steroid dienone is 2. The number of nitrogens with zero attached hydrogens (tertiary/aromatic N) is 1. The van der Waals surface area contributed by atoms with Crippen LogP contribution < -0.4 is 5.73 Å².